The first-order chi connectivity index (χ1) is 14.0. The molecule has 0 aromatic heterocycles. The molecule has 1 atom stereocenters. The second-order valence-electron chi connectivity index (χ2n) is 6.60. The normalized spacial score (nSPS) is 17.0. The van der Waals surface area contributed by atoms with Crippen LogP contribution in [0.2, 0.25) is 0 Å². The van der Waals surface area contributed by atoms with Crippen LogP contribution in [0.15, 0.2) is 64.8 Å². The number of nitrogens with zero attached hydrogens (tertiary/aromatic N) is 2. The van der Waals surface area contributed by atoms with Crippen molar-refractivity contribution in [2.24, 2.45) is 10.2 Å². The standard InChI is InChI=1S/C21H22N4O3S/c1-14(2)24-25-21-23-20(27)18(29-21)12-19(26)22-16-8-10-17(11-9-16)28-13-15-6-4-3-5-7-15/h3-11,18H,12-13H2,1-2H3,(H,22,26)(H,23,25,27). The highest BCUT2D eigenvalue weighted by Gasteiger charge is 2.32. The Morgan fingerprint density at radius 3 is 2.55 bits per heavy atom. The van der Waals surface area contributed by atoms with E-state index in [0.29, 0.717) is 23.2 Å². The summed E-state index contributed by atoms with van der Waals surface area (Å²) in [5, 5.41) is 13.2. The van der Waals surface area contributed by atoms with Crippen molar-refractivity contribution in [1.82, 2.24) is 5.32 Å². The minimum absolute atomic E-state index is 0.0522. The molecule has 2 aromatic rings. The third-order valence-electron chi connectivity index (χ3n) is 3.87. The van der Waals surface area contributed by atoms with Crippen LogP contribution in [0.4, 0.5) is 5.69 Å². The molecule has 2 amide bonds. The number of hydrogen-bond acceptors (Lipinski definition) is 6. The number of amides is 2. The Morgan fingerprint density at radius 1 is 1.14 bits per heavy atom. The second kappa shape index (κ2) is 9.88. The van der Waals surface area contributed by atoms with Gasteiger partial charge >= 0.3 is 0 Å². The molecule has 150 valence electrons. The topological polar surface area (TPSA) is 92.2 Å². The van der Waals surface area contributed by atoms with Crippen molar-refractivity contribution in [2.45, 2.75) is 32.1 Å². The molecule has 1 heterocycles. The molecular formula is C21H22N4O3S. The summed E-state index contributed by atoms with van der Waals surface area (Å²) in [4.78, 5) is 24.3. The molecular weight excluding hydrogens is 388 g/mol. The zero-order valence-corrected chi connectivity index (χ0v) is 17.0. The van der Waals surface area contributed by atoms with Gasteiger partial charge in [-0.2, -0.15) is 5.10 Å². The van der Waals surface area contributed by atoms with E-state index in [1.165, 1.54) is 11.8 Å². The van der Waals surface area contributed by atoms with Crippen molar-refractivity contribution >= 4 is 40.1 Å². The van der Waals surface area contributed by atoms with Crippen molar-refractivity contribution in [2.75, 3.05) is 5.32 Å². The molecule has 29 heavy (non-hydrogen) atoms. The average Bonchev–Trinajstić information content (AvgIpc) is 3.06. The first-order valence-electron chi connectivity index (χ1n) is 9.12. The number of rotatable bonds is 7. The fourth-order valence-corrected chi connectivity index (χ4v) is 3.41. The molecule has 1 saturated heterocycles. The number of hydrogen-bond donors (Lipinski definition) is 2. The monoisotopic (exact) mass is 410 g/mol. The van der Waals surface area contributed by atoms with E-state index in [1.54, 1.807) is 24.3 Å². The van der Waals surface area contributed by atoms with Gasteiger partial charge < -0.3 is 15.4 Å². The number of thioether (sulfide) groups is 1. The van der Waals surface area contributed by atoms with E-state index in [2.05, 4.69) is 20.8 Å². The van der Waals surface area contributed by atoms with Crippen LogP contribution >= 0.6 is 11.8 Å². The van der Waals surface area contributed by atoms with Crippen molar-refractivity contribution in [3.8, 4) is 5.75 Å². The van der Waals surface area contributed by atoms with Crippen molar-refractivity contribution < 1.29 is 14.3 Å². The van der Waals surface area contributed by atoms with Crippen LogP contribution in [-0.2, 0) is 16.2 Å². The zero-order valence-electron chi connectivity index (χ0n) is 16.2. The average molecular weight is 410 g/mol. The molecule has 0 radical (unpaired) electrons. The summed E-state index contributed by atoms with van der Waals surface area (Å²) < 4.78 is 5.73. The maximum Gasteiger partial charge on any atom is 0.240 e. The lowest BCUT2D eigenvalue weighted by Gasteiger charge is -2.09. The van der Waals surface area contributed by atoms with Crippen LogP contribution in [0.1, 0.15) is 25.8 Å². The molecule has 1 aliphatic heterocycles. The Bertz CT molecular complexity index is 923. The molecule has 0 spiro atoms. The number of carbonyl (C=O) groups excluding carboxylic acids is 2. The lowest BCUT2D eigenvalue weighted by Crippen LogP contribution is -2.28. The van der Waals surface area contributed by atoms with Crippen molar-refractivity contribution in [1.29, 1.82) is 0 Å². The van der Waals surface area contributed by atoms with E-state index in [4.69, 9.17) is 4.74 Å². The molecule has 7 nitrogen and oxygen atoms in total. The Labute approximate surface area is 173 Å². The summed E-state index contributed by atoms with van der Waals surface area (Å²) in [5.74, 6) is 0.231. The number of amidine groups is 1. The summed E-state index contributed by atoms with van der Waals surface area (Å²) >= 11 is 1.21. The number of ether oxygens (including phenoxy) is 1. The second-order valence-corrected chi connectivity index (χ2v) is 7.79. The predicted octanol–water partition coefficient (Wildman–Crippen LogP) is 3.58. The summed E-state index contributed by atoms with van der Waals surface area (Å²) in [7, 11) is 0. The lowest BCUT2D eigenvalue weighted by atomic mass is 10.2. The van der Waals surface area contributed by atoms with Gasteiger partial charge in [0, 0.05) is 17.8 Å². The van der Waals surface area contributed by atoms with Gasteiger partial charge in [0.1, 0.15) is 17.6 Å². The minimum atomic E-state index is -0.519. The summed E-state index contributed by atoms with van der Waals surface area (Å²) in [6.45, 7) is 4.11. The molecule has 1 aliphatic rings. The first kappa shape index (κ1) is 20.6. The van der Waals surface area contributed by atoms with Crippen LogP contribution in [-0.4, -0.2) is 27.9 Å². The third kappa shape index (κ3) is 6.46. The molecule has 0 aliphatic carbocycles. The lowest BCUT2D eigenvalue weighted by molar-refractivity contribution is -0.122. The third-order valence-corrected chi connectivity index (χ3v) is 4.95. The van der Waals surface area contributed by atoms with E-state index in [9.17, 15) is 9.59 Å². The highest BCUT2D eigenvalue weighted by atomic mass is 32.2. The first-order valence-corrected chi connectivity index (χ1v) is 10.0. The van der Waals surface area contributed by atoms with Gasteiger partial charge in [0.2, 0.25) is 11.8 Å². The van der Waals surface area contributed by atoms with E-state index < -0.39 is 5.25 Å². The van der Waals surface area contributed by atoms with E-state index >= 15 is 0 Å². The predicted molar refractivity (Wildman–Crippen MR) is 116 cm³/mol. The molecule has 0 saturated carbocycles. The Hall–Kier alpha value is -3.13. The van der Waals surface area contributed by atoms with Crippen LogP contribution in [0, 0.1) is 0 Å². The quantitative estimate of drug-likeness (QED) is 0.539. The minimum Gasteiger partial charge on any atom is -0.489 e. The van der Waals surface area contributed by atoms with Gasteiger partial charge in [0.05, 0.1) is 0 Å². The van der Waals surface area contributed by atoms with Crippen LogP contribution in [0.5, 0.6) is 5.75 Å². The van der Waals surface area contributed by atoms with E-state index in [1.807, 2.05) is 44.2 Å². The highest BCUT2D eigenvalue weighted by molar-refractivity contribution is 8.15. The van der Waals surface area contributed by atoms with Gasteiger partial charge in [-0.1, -0.05) is 42.1 Å². The Morgan fingerprint density at radius 2 is 1.86 bits per heavy atom. The molecule has 2 aromatic carbocycles. The number of carbonyl (C=O) groups is 2. The number of benzene rings is 2. The molecule has 0 bridgehead atoms. The van der Waals surface area contributed by atoms with E-state index in [-0.39, 0.29) is 18.2 Å². The Balaban J connectivity index is 1.48. The SMILES string of the molecule is CC(C)=N/N=C1\NC(=O)C(CC(=O)Nc2ccc(OCc3ccccc3)cc2)S1. The fourth-order valence-electron chi connectivity index (χ4n) is 2.49. The van der Waals surface area contributed by atoms with Gasteiger partial charge in [-0.25, -0.2) is 0 Å². The fraction of sp³-hybridized carbons (Fsp3) is 0.238. The zero-order chi connectivity index (χ0) is 20.6. The van der Waals surface area contributed by atoms with Crippen LogP contribution in [0.3, 0.4) is 0 Å². The summed E-state index contributed by atoms with van der Waals surface area (Å²) in [6.07, 6.45) is 0.0522. The molecule has 3 rings (SSSR count). The molecule has 1 unspecified atom stereocenters. The largest absolute Gasteiger partial charge is 0.489 e. The smallest absolute Gasteiger partial charge is 0.240 e. The summed E-state index contributed by atoms with van der Waals surface area (Å²) in [6, 6.07) is 17.0. The maximum absolute atomic E-state index is 12.3. The summed E-state index contributed by atoms with van der Waals surface area (Å²) in [5.41, 5.74) is 2.51. The van der Waals surface area contributed by atoms with Gasteiger partial charge in [-0.05, 0) is 43.7 Å². The van der Waals surface area contributed by atoms with Crippen LogP contribution in [0.25, 0.3) is 0 Å². The highest BCUT2D eigenvalue weighted by Crippen LogP contribution is 2.23. The maximum atomic E-state index is 12.3. The van der Waals surface area contributed by atoms with Crippen molar-refractivity contribution in [3.05, 3.63) is 60.2 Å². The van der Waals surface area contributed by atoms with Crippen LogP contribution < -0.4 is 15.4 Å². The Kier molecular flexibility index (Phi) is 7.02. The number of anilines is 1. The number of nitrogens with one attached hydrogen (secondary N) is 2. The van der Waals surface area contributed by atoms with Gasteiger partial charge in [0.25, 0.3) is 0 Å². The molecule has 1 fully saturated rings. The van der Waals surface area contributed by atoms with Gasteiger partial charge in [0.15, 0.2) is 5.17 Å². The van der Waals surface area contributed by atoms with Gasteiger partial charge in [-0.3, -0.25) is 9.59 Å². The van der Waals surface area contributed by atoms with Gasteiger partial charge in [-0.15, -0.1) is 5.10 Å². The van der Waals surface area contributed by atoms with Crippen molar-refractivity contribution in [3.63, 3.8) is 0 Å². The van der Waals surface area contributed by atoms with E-state index in [0.717, 1.165) is 11.3 Å². The molecule has 2 N–H and O–H groups in total. The molecule has 8 heteroatoms.